The lowest BCUT2D eigenvalue weighted by atomic mass is 9.84. The highest BCUT2D eigenvalue weighted by molar-refractivity contribution is 7.09. The molecule has 3 heteroatoms. The summed E-state index contributed by atoms with van der Waals surface area (Å²) in [6, 6.07) is 0. The lowest BCUT2D eigenvalue weighted by Crippen LogP contribution is -2.26. The van der Waals surface area contributed by atoms with Crippen LogP contribution in [0.15, 0.2) is 11.6 Å². The van der Waals surface area contributed by atoms with Crippen molar-refractivity contribution in [2.75, 3.05) is 0 Å². The monoisotopic (exact) mass is 225 g/mol. The molecule has 0 saturated heterocycles. The van der Waals surface area contributed by atoms with Gasteiger partial charge in [-0.3, -0.25) is 4.79 Å². The molecule has 2 nitrogen and oxygen atoms in total. The SMILES string of the molecule is CC(C)C(=O)C(Cc1nccs1)C(C)C. The maximum Gasteiger partial charge on any atom is 0.139 e. The highest BCUT2D eigenvalue weighted by Gasteiger charge is 2.25. The van der Waals surface area contributed by atoms with Gasteiger partial charge in [0.05, 0.1) is 5.01 Å². The minimum Gasteiger partial charge on any atom is -0.299 e. The quantitative estimate of drug-likeness (QED) is 0.770. The summed E-state index contributed by atoms with van der Waals surface area (Å²) in [6.07, 6.45) is 2.60. The van der Waals surface area contributed by atoms with Gasteiger partial charge >= 0.3 is 0 Å². The van der Waals surface area contributed by atoms with E-state index in [-0.39, 0.29) is 11.8 Å². The van der Waals surface area contributed by atoms with E-state index in [1.807, 2.05) is 19.2 Å². The number of hydrogen-bond acceptors (Lipinski definition) is 3. The van der Waals surface area contributed by atoms with Gasteiger partial charge in [0.15, 0.2) is 0 Å². The molecule has 0 radical (unpaired) electrons. The Hall–Kier alpha value is -0.700. The third kappa shape index (κ3) is 3.42. The van der Waals surface area contributed by atoms with Gasteiger partial charge in [0.25, 0.3) is 0 Å². The molecule has 0 bridgehead atoms. The van der Waals surface area contributed by atoms with Crippen LogP contribution in [-0.4, -0.2) is 10.8 Å². The first-order valence-electron chi connectivity index (χ1n) is 5.44. The Labute approximate surface area is 95.7 Å². The molecule has 0 aliphatic carbocycles. The van der Waals surface area contributed by atoms with Crippen LogP contribution in [0, 0.1) is 17.8 Å². The number of hydrogen-bond donors (Lipinski definition) is 0. The van der Waals surface area contributed by atoms with Crippen molar-refractivity contribution in [3.8, 4) is 0 Å². The molecule has 0 spiro atoms. The van der Waals surface area contributed by atoms with E-state index in [2.05, 4.69) is 18.8 Å². The number of carbonyl (C=O) groups is 1. The van der Waals surface area contributed by atoms with Crippen molar-refractivity contribution in [1.29, 1.82) is 0 Å². The van der Waals surface area contributed by atoms with Crippen LogP contribution in [0.4, 0.5) is 0 Å². The maximum atomic E-state index is 12.0. The van der Waals surface area contributed by atoms with E-state index < -0.39 is 0 Å². The molecule has 0 N–H and O–H groups in total. The van der Waals surface area contributed by atoms with E-state index in [4.69, 9.17) is 0 Å². The lowest BCUT2D eigenvalue weighted by molar-refractivity contribution is -0.127. The minimum atomic E-state index is 0.121. The third-order valence-electron chi connectivity index (χ3n) is 2.62. The largest absolute Gasteiger partial charge is 0.299 e. The Kier molecular flexibility index (Phi) is 4.45. The fraction of sp³-hybridized carbons (Fsp3) is 0.667. The van der Waals surface area contributed by atoms with Crippen LogP contribution in [0.5, 0.6) is 0 Å². The predicted octanol–water partition coefficient (Wildman–Crippen LogP) is 3.18. The topological polar surface area (TPSA) is 30.0 Å². The Bertz CT molecular complexity index is 303. The van der Waals surface area contributed by atoms with Gasteiger partial charge < -0.3 is 0 Å². The summed E-state index contributed by atoms with van der Waals surface area (Å²) in [4.78, 5) is 16.2. The summed E-state index contributed by atoms with van der Waals surface area (Å²) in [7, 11) is 0. The number of aromatic nitrogens is 1. The van der Waals surface area contributed by atoms with E-state index in [1.54, 1.807) is 17.5 Å². The predicted molar refractivity (Wildman–Crippen MR) is 64.0 cm³/mol. The van der Waals surface area contributed by atoms with Gasteiger partial charge in [-0.1, -0.05) is 27.7 Å². The molecule has 1 heterocycles. The number of Topliss-reactive ketones (excluding diaryl/α,β-unsaturated/α-hetero) is 1. The first-order valence-corrected chi connectivity index (χ1v) is 6.32. The normalized spacial score (nSPS) is 13.5. The van der Waals surface area contributed by atoms with Crippen LogP contribution in [0.1, 0.15) is 32.7 Å². The molecule has 84 valence electrons. The fourth-order valence-corrected chi connectivity index (χ4v) is 2.31. The molecule has 0 aliphatic rings. The fourth-order valence-electron chi connectivity index (χ4n) is 1.63. The molecule has 1 aromatic heterocycles. The Morgan fingerprint density at radius 1 is 1.40 bits per heavy atom. The van der Waals surface area contributed by atoms with Crippen LogP contribution in [0.2, 0.25) is 0 Å². The van der Waals surface area contributed by atoms with E-state index in [1.165, 1.54) is 0 Å². The minimum absolute atomic E-state index is 0.121. The van der Waals surface area contributed by atoms with Crippen LogP contribution >= 0.6 is 11.3 Å². The second-order valence-electron chi connectivity index (χ2n) is 4.54. The Balaban J connectivity index is 2.71. The Morgan fingerprint density at radius 2 is 2.07 bits per heavy atom. The summed E-state index contributed by atoms with van der Waals surface area (Å²) in [5.41, 5.74) is 0. The third-order valence-corrected chi connectivity index (χ3v) is 3.42. The highest BCUT2D eigenvalue weighted by Crippen LogP contribution is 2.22. The zero-order valence-electron chi connectivity index (χ0n) is 9.86. The highest BCUT2D eigenvalue weighted by atomic mass is 32.1. The van der Waals surface area contributed by atoms with Gasteiger partial charge in [-0.25, -0.2) is 4.98 Å². The van der Waals surface area contributed by atoms with Crippen molar-refractivity contribution in [2.24, 2.45) is 17.8 Å². The molecule has 0 aliphatic heterocycles. The number of carbonyl (C=O) groups excluding carboxylic acids is 1. The summed E-state index contributed by atoms with van der Waals surface area (Å²) < 4.78 is 0. The van der Waals surface area contributed by atoms with E-state index in [0.717, 1.165) is 11.4 Å². The number of rotatable bonds is 5. The average molecular weight is 225 g/mol. The molecule has 1 rings (SSSR count). The molecule has 15 heavy (non-hydrogen) atoms. The molecule has 0 aromatic carbocycles. The average Bonchev–Trinajstić information content (AvgIpc) is 2.64. The van der Waals surface area contributed by atoms with Crippen molar-refractivity contribution in [2.45, 2.75) is 34.1 Å². The second-order valence-corrected chi connectivity index (χ2v) is 5.52. The summed E-state index contributed by atoms with van der Waals surface area (Å²) in [5.74, 6) is 0.998. The van der Waals surface area contributed by atoms with E-state index >= 15 is 0 Å². The molecule has 0 saturated carbocycles. The standard InChI is InChI=1S/C12H19NOS/c1-8(2)10(12(14)9(3)4)7-11-13-5-6-15-11/h5-6,8-10H,7H2,1-4H3. The van der Waals surface area contributed by atoms with Gasteiger partial charge in [0.2, 0.25) is 0 Å². The zero-order chi connectivity index (χ0) is 11.4. The van der Waals surface area contributed by atoms with Gasteiger partial charge in [0.1, 0.15) is 5.78 Å². The maximum absolute atomic E-state index is 12.0. The van der Waals surface area contributed by atoms with E-state index in [0.29, 0.717) is 11.7 Å². The molecule has 1 unspecified atom stereocenters. The Morgan fingerprint density at radius 3 is 2.47 bits per heavy atom. The summed E-state index contributed by atoms with van der Waals surface area (Å²) in [6.45, 7) is 8.16. The summed E-state index contributed by atoms with van der Waals surface area (Å²) >= 11 is 1.63. The van der Waals surface area contributed by atoms with E-state index in [9.17, 15) is 4.79 Å². The molecule has 0 amide bonds. The van der Waals surface area contributed by atoms with Crippen molar-refractivity contribution in [3.05, 3.63) is 16.6 Å². The lowest BCUT2D eigenvalue weighted by Gasteiger charge is -2.20. The van der Waals surface area contributed by atoms with Crippen molar-refractivity contribution < 1.29 is 4.79 Å². The number of ketones is 1. The molecule has 1 aromatic rings. The number of thiazole rings is 1. The smallest absolute Gasteiger partial charge is 0.139 e. The zero-order valence-corrected chi connectivity index (χ0v) is 10.7. The van der Waals surface area contributed by atoms with Crippen LogP contribution < -0.4 is 0 Å². The molecule has 0 fully saturated rings. The molecular formula is C12H19NOS. The van der Waals surface area contributed by atoms with Crippen molar-refractivity contribution in [1.82, 2.24) is 4.98 Å². The molecule has 1 atom stereocenters. The van der Waals surface area contributed by atoms with Gasteiger partial charge in [-0.2, -0.15) is 0 Å². The first-order chi connectivity index (χ1) is 7.02. The van der Waals surface area contributed by atoms with Gasteiger partial charge in [-0.15, -0.1) is 11.3 Å². The number of nitrogens with zero attached hydrogens (tertiary/aromatic N) is 1. The van der Waals surface area contributed by atoms with Crippen LogP contribution in [0.25, 0.3) is 0 Å². The van der Waals surface area contributed by atoms with Crippen LogP contribution in [0.3, 0.4) is 0 Å². The first kappa shape index (κ1) is 12.4. The van der Waals surface area contributed by atoms with Crippen molar-refractivity contribution in [3.63, 3.8) is 0 Å². The van der Waals surface area contributed by atoms with Gasteiger partial charge in [0, 0.05) is 29.8 Å². The van der Waals surface area contributed by atoms with Crippen LogP contribution in [-0.2, 0) is 11.2 Å². The van der Waals surface area contributed by atoms with Gasteiger partial charge in [-0.05, 0) is 5.92 Å². The summed E-state index contributed by atoms with van der Waals surface area (Å²) in [5, 5.41) is 3.04. The van der Waals surface area contributed by atoms with Crippen molar-refractivity contribution >= 4 is 17.1 Å². The molecular weight excluding hydrogens is 206 g/mol. The second kappa shape index (κ2) is 5.40.